The summed E-state index contributed by atoms with van der Waals surface area (Å²) in [5.74, 6) is 0.608. The Morgan fingerprint density at radius 2 is 1.62 bits per heavy atom. The van der Waals surface area contributed by atoms with Crippen molar-refractivity contribution in [2.75, 3.05) is 5.32 Å². The molecule has 0 spiro atoms. The van der Waals surface area contributed by atoms with Gasteiger partial charge in [0.2, 0.25) is 0 Å². The first-order chi connectivity index (χ1) is 12.4. The Bertz CT molecular complexity index is 955. The summed E-state index contributed by atoms with van der Waals surface area (Å²) in [5.41, 5.74) is 0.434. The molecule has 0 fully saturated rings. The standard InChI is InChI=1S/C18H11Cl4NO3/c19-10-1-4-15(13(21)7-10)23-18(24)17-6-3-12(26-17)9-25-16-5-2-11(20)8-14(16)22/h1-8H,9H2,(H,23,24). The second-order valence-electron chi connectivity index (χ2n) is 5.21. The molecule has 0 aliphatic rings. The summed E-state index contributed by atoms with van der Waals surface area (Å²) < 4.78 is 11.1. The van der Waals surface area contributed by atoms with Gasteiger partial charge in [0.25, 0.3) is 5.91 Å². The van der Waals surface area contributed by atoms with Crippen molar-refractivity contribution in [2.45, 2.75) is 6.61 Å². The lowest BCUT2D eigenvalue weighted by molar-refractivity contribution is 0.0992. The molecule has 8 heteroatoms. The monoisotopic (exact) mass is 429 g/mol. The average molecular weight is 431 g/mol. The molecule has 134 valence electrons. The van der Waals surface area contributed by atoms with Gasteiger partial charge in [-0.15, -0.1) is 0 Å². The number of halogens is 4. The van der Waals surface area contributed by atoms with Crippen molar-refractivity contribution in [3.05, 3.63) is 80.1 Å². The third-order valence-electron chi connectivity index (χ3n) is 3.33. The first-order valence-corrected chi connectivity index (χ1v) is 8.86. The predicted octanol–water partition coefficient (Wildman–Crippen LogP) is 6.72. The van der Waals surface area contributed by atoms with E-state index in [2.05, 4.69) is 5.32 Å². The van der Waals surface area contributed by atoms with E-state index in [-0.39, 0.29) is 12.4 Å². The SMILES string of the molecule is O=C(Nc1ccc(Cl)cc1Cl)c1ccc(COc2ccc(Cl)cc2Cl)o1. The minimum atomic E-state index is -0.440. The number of nitrogens with one attached hydrogen (secondary N) is 1. The summed E-state index contributed by atoms with van der Waals surface area (Å²) in [6.07, 6.45) is 0. The minimum absolute atomic E-state index is 0.107. The van der Waals surface area contributed by atoms with Gasteiger partial charge in [0.1, 0.15) is 18.1 Å². The fourth-order valence-electron chi connectivity index (χ4n) is 2.09. The topological polar surface area (TPSA) is 51.5 Å². The molecule has 0 aliphatic carbocycles. The fourth-order valence-corrected chi connectivity index (χ4v) is 3.01. The van der Waals surface area contributed by atoms with Crippen LogP contribution in [0.3, 0.4) is 0 Å². The molecule has 1 heterocycles. The van der Waals surface area contributed by atoms with Crippen molar-refractivity contribution >= 4 is 58.0 Å². The molecule has 0 bridgehead atoms. The number of benzene rings is 2. The molecule has 1 amide bonds. The number of carbonyl (C=O) groups is 1. The normalized spacial score (nSPS) is 10.6. The number of hydrogen-bond acceptors (Lipinski definition) is 3. The van der Waals surface area contributed by atoms with Gasteiger partial charge in [-0.1, -0.05) is 46.4 Å². The van der Waals surface area contributed by atoms with Crippen LogP contribution in [0.2, 0.25) is 20.1 Å². The maximum Gasteiger partial charge on any atom is 0.291 e. The van der Waals surface area contributed by atoms with Crippen molar-refractivity contribution in [3.8, 4) is 5.75 Å². The quantitative estimate of drug-likeness (QED) is 0.488. The largest absolute Gasteiger partial charge is 0.484 e. The van der Waals surface area contributed by atoms with Crippen LogP contribution in [0.25, 0.3) is 0 Å². The van der Waals surface area contributed by atoms with Crippen LogP contribution in [0.15, 0.2) is 52.9 Å². The third-order valence-corrected chi connectivity index (χ3v) is 4.41. The number of amides is 1. The van der Waals surface area contributed by atoms with Crippen LogP contribution in [0.5, 0.6) is 5.75 Å². The third kappa shape index (κ3) is 4.65. The summed E-state index contributed by atoms with van der Waals surface area (Å²) in [5, 5.41) is 4.37. The fraction of sp³-hybridized carbons (Fsp3) is 0.0556. The Morgan fingerprint density at radius 3 is 2.31 bits per heavy atom. The summed E-state index contributed by atoms with van der Waals surface area (Å²) in [6.45, 7) is 0.107. The number of carbonyl (C=O) groups excluding carboxylic acids is 1. The average Bonchev–Trinajstić information content (AvgIpc) is 3.06. The van der Waals surface area contributed by atoms with Crippen LogP contribution in [-0.2, 0) is 6.61 Å². The van der Waals surface area contributed by atoms with Gasteiger partial charge in [-0.25, -0.2) is 0 Å². The van der Waals surface area contributed by atoms with Gasteiger partial charge in [0, 0.05) is 10.0 Å². The number of ether oxygens (including phenoxy) is 1. The maximum atomic E-state index is 12.3. The molecule has 0 unspecified atom stereocenters. The molecular formula is C18H11Cl4NO3. The Balaban J connectivity index is 1.64. The smallest absolute Gasteiger partial charge is 0.291 e. The van der Waals surface area contributed by atoms with Gasteiger partial charge in [-0.3, -0.25) is 4.79 Å². The lowest BCUT2D eigenvalue weighted by Gasteiger charge is -2.07. The zero-order valence-electron chi connectivity index (χ0n) is 13.1. The van der Waals surface area contributed by atoms with E-state index in [9.17, 15) is 4.79 Å². The zero-order chi connectivity index (χ0) is 18.7. The first-order valence-electron chi connectivity index (χ1n) is 7.35. The van der Waals surface area contributed by atoms with Crippen LogP contribution >= 0.6 is 46.4 Å². The van der Waals surface area contributed by atoms with E-state index in [0.29, 0.717) is 37.3 Å². The van der Waals surface area contributed by atoms with E-state index in [0.717, 1.165) is 0 Å². The molecule has 2 aromatic carbocycles. The minimum Gasteiger partial charge on any atom is -0.484 e. The van der Waals surface area contributed by atoms with Crippen LogP contribution in [0.4, 0.5) is 5.69 Å². The van der Waals surface area contributed by atoms with Crippen molar-refractivity contribution in [1.29, 1.82) is 0 Å². The number of furan rings is 1. The van der Waals surface area contributed by atoms with Crippen molar-refractivity contribution in [1.82, 2.24) is 0 Å². The second kappa shape index (κ2) is 8.23. The Kier molecular flexibility index (Phi) is 5.99. The van der Waals surface area contributed by atoms with Gasteiger partial charge in [-0.05, 0) is 48.5 Å². The van der Waals surface area contributed by atoms with Crippen molar-refractivity contribution < 1.29 is 13.9 Å². The molecule has 0 atom stereocenters. The molecule has 3 aromatic rings. The number of anilines is 1. The van der Waals surface area contributed by atoms with E-state index in [1.807, 2.05) is 0 Å². The highest BCUT2D eigenvalue weighted by molar-refractivity contribution is 6.37. The summed E-state index contributed by atoms with van der Waals surface area (Å²) in [4.78, 5) is 12.3. The molecular weight excluding hydrogens is 420 g/mol. The summed E-state index contributed by atoms with van der Waals surface area (Å²) in [6, 6.07) is 12.9. The molecule has 1 aromatic heterocycles. The van der Waals surface area contributed by atoms with E-state index in [4.69, 9.17) is 55.6 Å². The first kappa shape index (κ1) is 18.9. The molecule has 0 saturated carbocycles. The Hall–Kier alpha value is -1.85. The van der Waals surface area contributed by atoms with E-state index >= 15 is 0 Å². The molecule has 0 saturated heterocycles. The number of rotatable bonds is 5. The van der Waals surface area contributed by atoms with Gasteiger partial charge < -0.3 is 14.5 Å². The summed E-state index contributed by atoms with van der Waals surface area (Å²) >= 11 is 23.8. The van der Waals surface area contributed by atoms with E-state index in [1.54, 1.807) is 42.5 Å². The van der Waals surface area contributed by atoms with Gasteiger partial charge in [0.15, 0.2) is 5.76 Å². The molecule has 26 heavy (non-hydrogen) atoms. The number of hydrogen-bond donors (Lipinski definition) is 1. The van der Waals surface area contributed by atoms with E-state index in [1.165, 1.54) is 6.07 Å². The van der Waals surface area contributed by atoms with Gasteiger partial charge in [-0.2, -0.15) is 0 Å². The van der Waals surface area contributed by atoms with Gasteiger partial charge >= 0.3 is 0 Å². The Labute approximate surface area is 169 Å². The lowest BCUT2D eigenvalue weighted by atomic mass is 10.3. The Morgan fingerprint density at radius 1 is 0.923 bits per heavy atom. The van der Waals surface area contributed by atoms with Crippen molar-refractivity contribution in [2.24, 2.45) is 0 Å². The molecule has 0 radical (unpaired) electrons. The van der Waals surface area contributed by atoms with Crippen LogP contribution in [0.1, 0.15) is 16.3 Å². The molecule has 3 rings (SSSR count). The highest BCUT2D eigenvalue weighted by Gasteiger charge is 2.14. The zero-order valence-corrected chi connectivity index (χ0v) is 16.1. The van der Waals surface area contributed by atoms with E-state index < -0.39 is 5.91 Å². The highest BCUT2D eigenvalue weighted by atomic mass is 35.5. The maximum absolute atomic E-state index is 12.3. The van der Waals surface area contributed by atoms with Crippen LogP contribution in [-0.4, -0.2) is 5.91 Å². The molecule has 1 N–H and O–H groups in total. The highest BCUT2D eigenvalue weighted by Crippen LogP contribution is 2.29. The molecule has 4 nitrogen and oxygen atoms in total. The van der Waals surface area contributed by atoms with Crippen LogP contribution < -0.4 is 10.1 Å². The summed E-state index contributed by atoms with van der Waals surface area (Å²) in [7, 11) is 0. The predicted molar refractivity (Wildman–Crippen MR) is 104 cm³/mol. The lowest BCUT2D eigenvalue weighted by Crippen LogP contribution is -2.11. The second-order valence-corrected chi connectivity index (χ2v) is 6.89. The van der Waals surface area contributed by atoms with Gasteiger partial charge in [0.05, 0.1) is 15.7 Å². The molecule has 0 aliphatic heterocycles. The van der Waals surface area contributed by atoms with Crippen molar-refractivity contribution in [3.63, 3.8) is 0 Å². The van der Waals surface area contributed by atoms with Crippen LogP contribution in [0, 0.1) is 0 Å².